The van der Waals surface area contributed by atoms with Crippen molar-refractivity contribution in [2.45, 2.75) is 30.7 Å². The molecule has 4 atom stereocenters. The number of aliphatic hydroxyl groups is 1. The summed E-state index contributed by atoms with van der Waals surface area (Å²) in [6, 6.07) is 18.6. The first kappa shape index (κ1) is 22.9. The Morgan fingerprint density at radius 1 is 0.595 bits per heavy atom. The molecule has 0 spiro atoms. The minimum absolute atomic E-state index is 0.0860. The molecule has 8 nitrogen and oxygen atoms in total. The molecule has 0 fully saturated rings. The largest absolute Gasteiger partial charge is 0.508 e. The van der Waals surface area contributed by atoms with Gasteiger partial charge in [0.15, 0.2) is 0 Å². The molecule has 2 aliphatic rings. The van der Waals surface area contributed by atoms with Crippen molar-refractivity contribution in [1.29, 1.82) is 0 Å². The number of hydrogen-bond donors (Lipinski definition) is 6. The minimum Gasteiger partial charge on any atom is -0.508 e. The van der Waals surface area contributed by atoms with Crippen molar-refractivity contribution in [3.63, 3.8) is 0 Å². The van der Waals surface area contributed by atoms with E-state index in [1.807, 2.05) is 0 Å². The van der Waals surface area contributed by atoms with Gasteiger partial charge in [0.1, 0.15) is 52.5 Å². The van der Waals surface area contributed by atoms with Crippen molar-refractivity contribution in [3.8, 4) is 40.2 Å². The number of fused-ring (bicyclic) bond motifs is 3. The summed E-state index contributed by atoms with van der Waals surface area (Å²) < 4.78 is 12.6. The Bertz CT molecular complexity index is 1460. The number of benzene rings is 4. The van der Waals surface area contributed by atoms with Crippen LogP contribution < -0.4 is 9.47 Å². The van der Waals surface area contributed by atoms with Crippen LogP contribution in [-0.4, -0.2) is 36.7 Å². The third-order valence-corrected chi connectivity index (χ3v) is 6.96. The number of aromatic hydroxyl groups is 5. The average molecular weight is 501 g/mol. The van der Waals surface area contributed by atoms with Crippen LogP contribution in [0.3, 0.4) is 0 Å². The highest BCUT2D eigenvalue weighted by Crippen LogP contribution is 2.58. The van der Waals surface area contributed by atoms with E-state index in [-0.39, 0.29) is 35.2 Å². The Labute approximate surface area is 211 Å². The van der Waals surface area contributed by atoms with Crippen molar-refractivity contribution in [2.75, 3.05) is 0 Å². The van der Waals surface area contributed by atoms with Gasteiger partial charge in [0.25, 0.3) is 0 Å². The molecule has 6 rings (SSSR count). The monoisotopic (exact) mass is 500 g/mol. The molecule has 2 heterocycles. The van der Waals surface area contributed by atoms with Crippen LogP contribution in [-0.2, 0) is 6.42 Å². The Hall–Kier alpha value is -4.56. The Balaban J connectivity index is 1.48. The summed E-state index contributed by atoms with van der Waals surface area (Å²) in [7, 11) is 0. The van der Waals surface area contributed by atoms with Crippen molar-refractivity contribution in [2.24, 2.45) is 0 Å². The number of ether oxygens (including phenoxy) is 2. The van der Waals surface area contributed by atoms with Crippen LogP contribution in [0.4, 0.5) is 0 Å². The molecule has 2 aliphatic heterocycles. The first-order valence-electron chi connectivity index (χ1n) is 11.8. The standard InChI is InChI=1S/C29H24O8/c30-17-5-1-14(2-6-17)27-23(35)12-21-24(36-27)13-22(34)26-25(16-9-19(32)11-20(33)10-16)28(37-29(21)26)15-3-7-18(31)8-4-15/h1-11,13,23,25,27-28,30-35H,12H2/t23-,25+,27+,28-/m1/s1. The topological polar surface area (TPSA) is 140 Å². The predicted octanol–water partition coefficient (Wildman–Crippen LogP) is 4.52. The highest BCUT2D eigenvalue weighted by molar-refractivity contribution is 5.65. The molecule has 4 aromatic rings. The molecule has 0 radical (unpaired) electrons. The molecule has 0 aliphatic carbocycles. The van der Waals surface area contributed by atoms with Crippen LogP contribution >= 0.6 is 0 Å². The van der Waals surface area contributed by atoms with Gasteiger partial charge in [-0.2, -0.15) is 0 Å². The summed E-state index contributed by atoms with van der Waals surface area (Å²) in [5.41, 5.74) is 2.93. The normalized spacial score (nSPS) is 22.0. The van der Waals surface area contributed by atoms with E-state index in [9.17, 15) is 30.6 Å². The minimum atomic E-state index is -0.926. The molecule has 0 saturated heterocycles. The van der Waals surface area contributed by atoms with E-state index in [0.29, 0.717) is 39.3 Å². The second-order valence-corrected chi connectivity index (χ2v) is 9.41. The molecule has 6 N–H and O–H groups in total. The molecule has 0 bridgehead atoms. The smallest absolute Gasteiger partial charge is 0.150 e. The highest BCUT2D eigenvalue weighted by Gasteiger charge is 2.44. The van der Waals surface area contributed by atoms with Gasteiger partial charge in [-0.25, -0.2) is 0 Å². The lowest BCUT2D eigenvalue weighted by Gasteiger charge is -2.32. The number of phenols is 5. The van der Waals surface area contributed by atoms with Crippen LogP contribution in [0.1, 0.15) is 45.9 Å². The summed E-state index contributed by atoms with van der Waals surface area (Å²) >= 11 is 0. The number of hydrogen-bond acceptors (Lipinski definition) is 8. The van der Waals surface area contributed by atoms with E-state index >= 15 is 0 Å². The maximum absolute atomic E-state index is 11.2. The third kappa shape index (κ3) is 3.91. The van der Waals surface area contributed by atoms with E-state index < -0.39 is 24.2 Å². The first-order valence-corrected chi connectivity index (χ1v) is 11.8. The van der Waals surface area contributed by atoms with Crippen molar-refractivity contribution in [1.82, 2.24) is 0 Å². The summed E-state index contributed by atoms with van der Waals surface area (Å²) in [5.74, 6) is -0.0711. The molecule has 0 unspecified atom stereocenters. The maximum atomic E-state index is 11.2. The van der Waals surface area contributed by atoms with Crippen LogP contribution in [0.15, 0.2) is 72.8 Å². The quantitative estimate of drug-likeness (QED) is 0.241. The number of rotatable bonds is 3. The van der Waals surface area contributed by atoms with Crippen molar-refractivity contribution >= 4 is 0 Å². The van der Waals surface area contributed by atoms with Crippen LogP contribution in [0.2, 0.25) is 0 Å². The molecule has 0 amide bonds. The summed E-state index contributed by atoms with van der Waals surface area (Å²) in [6.07, 6.45) is -2.12. The summed E-state index contributed by atoms with van der Waals surface area (Å²) in [4.78, 5) is 0. The summed E-state index contributed by atoms with van der Waals surface area (Å²) in [6.45, 7) is 0. The molecule has 4 aromatic carbocycles. The molecule has 8 heteroatoms. The highest BCUT2D eigenvalue weighted by atomic mass is 16.5. The predicted molar refractivity (Wildman–Crippen MR) is 132 cm³/mol. The van der Waals surface area contributed by atoms with E-state index in [1.165, 1.54) is 48.5 Å². The lowest BCUT2D eigenvalue weighted by molar-refractivity contribution is 0.0194. The average Bonchev–Trinajstić information content (AvgIpc) is 3.26. The second kappa shape index (κ2) is 8.53. The number of aliphatic hydroxyl groups excluding tert-OH is 1. The maximum Gasteiger partial charge on any atom is 0.150 e. The van der Waals surface area contributed by atoms with Crippen LogP contribution in [0, 0.1) is 0 Å². The van der Waals surface area contributed by atoms with Gasteiger partial charge >= 0.3 is 0 Å². The van der Waals surface area contributed by atoms with Gasteiger partial charge in [-0.15, -0.1) is 0 Å². The zero-order chi connectivity index (χ0) is 25.8. The molecular formula is C29H24O8. The first-order chi connectivity index (χ1) is 17.8. The van der Waals surface area contributed by atoms with Gasteiger partial charge in [-0.05, 0) is 53.1 Å². The van der Waals surface area contributed by atoms with Gasteiger partial charge in [-0.1, -0.05) is 24.3 Å². The third-order valence-electron chi connectivity index (χ3n) is 6.96. The number of phenolic OH excluding ortho intramolecular Hbond substituents is 5. The molecule has 37 heavy (non-hydrogen) atoms. The van der Waals surface area contributed by atoms with Crippen LogP contribution in [0.5, 0.6) is 40.2 Å². The molecular weight excluding hydrogens is 476 g/mol. The Morgan fingerprint density at radius 2 is 1.16 bits per heavy atom. The Kier molecular flexibility index (Phi) is 5.27. The second-order valence-electron chi connectivity index (χ2n) is 9.41. The van der Waals surface area contributed by atoms with Gasteiger partial charge in [-0.3, -0.25) is 0 Å². The summed E-state index contributed by atoms with van der Waals surface area (Å²) in [5, 5.41) is 62.0. The van der Waals surface area contributed by atoms with Gasteiger partial charge < -0.3 is 40.1 Å². The SMILES string of the molecule is Oc1ccc([C@H]2Oc3c4c(cc(O)c3[C@@H]2c2cc(O)cc(O)c2)O[C@@H](c2ccc(O)cc2)[C@H](O)C4)cc1. The zero-order valence-corrected chi connectivity index (χ0v) is 19.4. The fourth-order valence-electron chi connectivity index (χ4n) is 5.31. The van der Waals surface area contributed by atoms with E-state index in [1.54, 1.807) is 24.3 Å². The zero-order valence-electron chi connectivity index (χ0n) is 19.4. The molecule has 0 aromatic heterocycles. The fourth-order valence-corrected chi connectivity index (χ4v) is 5.31. The molecule has 0 saturated carbocycles. The lowest BCUT2D eigenvalue weighted by Crippen LogP contribution is -2.30. The van der Waals surface area contributed by atoms with Gasteiger partial charge in [0.2, 0.25) is 0 Å². The van der Waals surface area contributed by atoms with Crippen molar-refractivity contribution in [3.05, 3.63) is 101 Å². The lowest BCUT2D eigenvalue weighted by atomic mass is 9.83. The van der Waals surface area contributed by atoms with E-state index in [0.717, 1.165) is 0 Å². The fraction of sp³-hybridized carbons (Fsp3) is 0.172. The van der Waals surface area contributed by atoms with Crippen LogP contribution in [0.25, 0.3) is 0 Å². The van der Waals surface area contributed by atoms with E-state index in [4.69, 9.17) is 9.47 Å². The Morgan fingerprint density at radius 3 is 1.76 bits per heavy atom. The van der Waals surface area contributed by atoms with Gasteiger partial charge in [0.05, 0.1) is 12.0 Å². The van der Waals surface area contributed by atoms with E-state index in [2.05, 4.69) is 0 Å². The molecule has 188 valence electrons. The van der Waals surface area contributed by atoms with Gasteiger partial charge in [0, 0.05) is 29.7 Å². The van der Waals surface area contributed by atoms with Crippen molar-refractivity contribution < 1.29 is 40.1 Å².